The van der Waals surface area contributed by atoms with Crippen LogP contribution < -0.4 is 15.4 Å². The second-order valence-electron chi connectivity index (χ2n) is 5.52. The van der Waals surface area contributed by atoms with Crippen LogP contribution in [-0.2, 0) is 4.79 Å². The number of carbonyl (C=O) groups is 1. The minimum atomic E-state index is -0.0920. The van der Waals surface area contributed by atoms with Gasteiger partial charge in [-0.2, -0.15) is 0 Å². The van der Waals surface area contributed by atoms with Gasteiger partial charge in [-0.05, 0) is 37.3 Å². The standard InChI is InChI=1S/C16H24N2O2/c1-4-12-5-6-13(9-12)18-14-7-8-15(17-11(2)19)16(10-14)20-3/h7-8,10,12-13,18H,4-6,9H2,1-3H3,(H,17,19). The lowest BCUT2D eigenvalue weighted by Crippen LogP contribution is -2.15. The first-order chi connectivity index (χ1) is 9.62. The summed E-state index contributed by atoms with van der Waals surface area (Å²) in [6.07, 6.45) is 5.05. The number of amides is 1. The largest absolute Gasteiger partial charge is 0.494 e. The number of nitrogens with one attached hydrogen (secondary N) is 2. The van der Waals surface area contributed by atoms with E-state index in [2.05, 4.69) is 17.6 Å². The zero-order valence-corrected chi connectivity index (χ0v) is 12.5. The number of anilines is 2. The zero-order valence-electron chi connectivity index (χ0n) is 12.5. The van der Waals surface area contributed by atoms with Gasteiger partial charge in [-0.25, -0.2) is 0 Å². The molecule has 0 aliphatic heterocycles. The molecule has 1 aliphatic carbocycles. The van der Waals surface area contributed by atoms with Crippen molar-refractivity contribution in [3.05, 3.63) is 18.2 Å². The van der Waals surface area contributed by atoms with Crippen LogP contribution in [0.25, 0.3) is 0 Å². The number of methoxy groups -OCH3 is 1. The van der Waals surface area contributed by atoms with Gasteiger partial charge in [-0.3, -0.25) is 4.79 Å². The van der Waals surface area contributed by atoms with Crippen LogP contribution in [0.5, 0.6) is 5.75 Å². The van der Waals surface area contributed by atoms with Crippen molar-refractivity contribution in [1.29, 1.82) is 0 Å². The number of rotatable bonds is 5. The van der Waals surface area contributed by atoms with Crippen LogP contribution in [0, 0.1) is 5.92 Å². The molecule has 1 aliphatic rings. The molecular weight excluding hydrogens is 252 g/mol. The number of ether oxygens (including phenoxy) is 1. The van der Waals surface area contributed by atoms with Crippen molar-refractivity contribution in [3.63, 3.8) is 0 Å². The Kier molecular flexibility index (Phi) is 4.88. The van der Waals surface area contributed by atoms with Crippen LogP contribution in [0.15, 0.2) is 18.2 Å². The van der Waals surface area contributed by atoms with Crippen molar-refractivity contribution in [2.45, 2.75) is 45.6 Å². The highest BCUT2D eigenvalue weighted by Gasteiger charge is 2.23. The van der Waals surface area contributed by atoms with E-state index < -0.39 is 0 Å². The molecule has 0 bridgehead atoms. The lowest BCUT2D eigenvalue weighted by atomic mass is 10.1. The lowest BCUT2D eigenvalue weighted by Gasteiger charge is -2.16. The average molecular weight is 276 g/mol. The van der Waals surface area contributed by atoms with Crippen molar-refractivity contribution < 1.29 is 9.53 Å². The van der Waals surface area contributed by atoms with Crippen LogP contribution >= 0.6 is 0 Å². The first-order valence-electron chi connectivity index (χ1n) is 7.34. The van der Waals surface area contributed by atoms with Gasteiger partial charge in [-0.15, -0.1) is 0 Å². The van der Waals surface area contributed by atoms with Crippen LogP contribution in [0.4, 0.5) is 11.4 Å². The number of carbonyl (C=O) groups excluding carboxylic acids is 1. The van der Waals surface area contributed by atoms with E-state index in [1.807, 2.05) is 18.2 Å². The molecule has 0 aromatic heterocycles. The number of hydrogen-bond acceptors (Lipinski definition) is 3. The monoisotopic (exact) mass is 276 g/mol. The van der Waals surface area contributed by atoms with E-state index in [0.29, 0.717) is 17.5 Å². The predicted molar refractivity (Wildman–Crippen MR) is 82.3 cm³/mol. The predicted octanol–water partition coefficient (Wildman–Crippen LogP) is 3.64. The molecule has 0 saturated heterocycles. The second kappa shape index (κ2) is 6.64. The highest BCUT2D eigenvalue weighted by molar-refractivity contribution is 5.90. The molecule has 2 N–H and O–H groups in total. The van der Waals surface area contributed by atoms with E-state index in [-0.39, 0.29) is 5.91 Å². The summed E-state index contributed by atoms with van der Waals surface area (Å²) in [7, 11) is 1.62. The smallest absolute Gasteiger partial charge is 0.221 e. The minimum Gasteiger partial charge on any atom is -0.494 e. The Hall–Kier alpha value is -1.71. The zero-order chi connectivity index (χ0) is 14.5. The molecule has 20 heavy (non-hydrogen) atoms. The van der Waals surface area contributed by atoms with Gasteiger partial charge in [0.05, 0.1) is 12.8 Å². The van der Waals surface area contributed by atoms with Crippen LogP contribution in [0.2, 0.25) is 0 Å². The van der Waals surface area contributed by atoms with Crippen LogP contribution in [-0.4, -0.2) is 19.1 Å². The molecule has 0 heterocycles. The van der Waals surface area contributed by atoms with Gasteiger partial charge in [-0.1, -0.05) is 13.3 Å². The van der Waals surface area contributed by atoms with Gasteiger partial charge in [0.15, 0.2) is 0 Å². The molecule has 1 aromatic rings. The molecule has 1 fully saturated rings. The number of benzene rings is 1. The van der Waals surface area contributed by atoms with E-state index in [9.17, 15) is 4.79 Å². The van der Waals surface area contributed by atoms with Gasteiger partial charge in [0, 0.05) is 24.7 Å². The van der Waals surface area contributed by atoms with Gasteiger partial charge in [0.1, 0.15) is 5.75 Å². The lowest BCUT2D eigenvalue weighted by molar-refractivity contribution is -0.114. The summed E-state index contributed by atoms with van der Waals surface area (Å²) >= 11 is 0. The molecular formula is C16H24N2O2. The van der Waals surface area contributed by atoms with Crippen molar-refractivity contribution in [3.8, 4) is 5.75 Å². The van der Waals surface area contributed by atoms with Gasteiger partial charge in [0.2, 0.25) is 5.91 Å². The van der Waals surface area contributed by atoms with Gasteiger partial charge in [0.25, 0.3) is 0 Å². The summed E-state index contributed by atoms with van der Waals surface area (Å²) in [6.45, 7) is 3.76. The molecule has 1 aromatic carbocycles. The fraction of sp³-hybridized carbons (Fsp3) is 0.562. The Bertz CT molecular complexity index is 474. The third-order valence-electron chi connectivity index (χ3n) is 4.00. The normalized spacial score (nSPS) is 21.6. The molecule has 4 heteroatoms. The second-order valence-corrected chi connectivity index (χ2v) is 5.52. The summed E-state index contributed by atoms with van der Waals surface area (Å²) in [5.74, 6) is 1.45. The van der Waals surface area contributed by atoms with E-state index >= 15 is 0 Å². The summed E-state index contributed by atoms with van der Waals surface area (Å²) in [5.41, 5.74) is 1.76. The van der Waals surface area contributed by atoms with Crippen molar-refractivity contribution >= 4 is 17.3 Å². The Balaban J connectivity index is 2.04. The molecule has 0 spiro atoms. The highest BCUT2D eigenvalue weighted by Crippen LogP contribution is 2.32. The molecule has 110 valence electrons. The van der Waals surface area contributed by atoms with E-state index in [1.54, 1.807) is 7.11 Å². The topological polar surface area (TPSA) is 50.4 Å². The average Bonchev–Trinajstić information content (AvgIpc) is 2.87. The van der Waals surface area contributed by atoms with Crippen LogP contribution in [0.1, 0.15) is 39.5 Å². The first-order valence-corrected chi connectivity index (χ1v) is 7.34. The van der Waals surface area contributed by atoms with Crippen molar-refractivity contribution in [2.75, 3.05) is 17.7 Å². The van der Waals surface area contributed by atoms with E-state index in [0.717, 1.165) is 11.6 Å². The fourth-order valence-corrected chi connectivity index (χ4v) is 2.89. The fourth-order valence-electron chi connectivity index (χ4n) is 2.89. The molecule has 2 unspecified atom stereocenters. The van der Waals surface area contributed by atoms with E-state index in [4.69, 9.17) is 4.74 Å². The highest BCUT2D eigenvalue weighted by atomic mass is 16.5. The maximum Gasteiger partial charge on any atom is 0.221 e. The van der Waals surface area contributed by atoms with Crippen LogP contribution in [0.3, 0.4) is 0 Å². The Morgan fingerprint density at radius 2 is 2.20 bits per heavy atom. The maximum atomic E-state index is 11.1. The van der Waals surface area contributed by atoms with Gasteiger partial charge < -0.3 is 15.4 Å². The SMILES string of the molecule is CCC1CCC(Nc2ccc(NC(C)=O)c(OC)c2)C1. The van der Waals surface area contributed by atoms with Crippen molar-refractivity contribution in [2.24, 2.45) is 5.92 Å². The molecule has 4 nitrogen and oxygen atoms in total. The molecule has 1 amide bonds. The summed E-state index contributed by atoms with van der Waals surface area (Å²) in [5, 5.41) is 6.34. The Labute approximate surface area is 120 Å². The van der Waals surface area contributed by atoms with E-state index in [1.165, 1.54) is 32.6 Å². The quantitative estimate of drug-likeness (QED) is 0.863. The summed E-state index contributed by atoms with van der Waals surface area (Å²) in [6, 6.07) is 6.38. The summed E-state index contributed by atoms with van der Waals surface area (Å²) < 4.78 is 5.34. The molecule has 2 atom stereocenters. The Morgan fingerprint density at radius 3 is 2.80 bits per heavy atom. The Morgan fingerprint density at radius 1 is 1.40 bits per heavy atom. The third-order valence-corrected chi connectivity index (χ3v) is 4.00. The molecule has 2 rings (SSSR count). The summed E-state index contributed by atoms with van der Waals surface area (Å²) in [4.78, 5) is 11.1. The minimum absolute atomic E-state index is 0.0920. The molecule has 1 saturated carbocycles. The van der Waals surface area contributed by atoms with Crippen molar-refractivity contribution in [1.82, 2.24) is 0 Å². The third kappa shape index (κ3) is 3.65. The number of hydrogen-bond donors (Lipinski definition) is 2. The first kappa shape index (κ1) is 14.7. The molecule has 0 radical (unpaired) electrons. The maximum absolute atomic E-state index is 11.1. The van der Waals surface area contributed by atoms with Gasteiger partial charge >= 0.3 is 0 Å².